The number of benzene rings is 1. The predicted octanol–water partition coefficient (Wildman–Crippen LogP) is 2.64. The summed E-state index contributed by atoms with van der Waals surface area (Å²) in [6.45, 7) is 2.59. The number of anilines is 2. The number of hydrogen-bond acceptors (Lipinski definition) is 7. The van der Waals surface area contributed by atoms with Crippen LogP contribution in [0.5, 0.6) is 5.75 Å². The Hall–Kier alpha value is -3.52. The number of amides is 1. The van der Waals surface area contributed by atoms with E-state index in [2.05, 4.69) is 20.2 Å². The van der Waals surface area contributed by atoms with Gasteiger partial charge in [-0.05, 0) is 24.3 Å². The number of ether oxygens (including phenoxy) is 2. The lowest BCUT2D eigenvalue weighted by atomic mass is 10.2. The van der Waals surface area contributed by atoms with Crippen molar-refractivity contribution in [2.24, 2.45) is 0 Å². The normalized spacial score (nSPS) is 13.8. The van der Waals surface area contributed by atoms with E-state index in [0.717, 1.165) is 11.3 Å². The van der Waals surface area contributed by atoms with Crippen LogP contribution in [-0.2, 0) is 4.74 Å². The predicted molar refractivity (Wildman–Crippen MR) is 109 cm³/mol. The van der Waals surface area contributed by atoms with Crippen LogP contribution in [0.4, 0.5) is 11.5 Å². The molecule has 0 bridgehead atoms. The van der Waals surface area contributed by atoms with E-state index in [1.165, 1.54) is 0 Å². The Kier molecular flexibility index (Phi) is 5.62. The van der Waals surface area contributed by atoms with Gasteiger partial charge in [-0.25, -0.2) is 9.97 Å². The van der Waals surface area contributed by atoms with Gasteiger partial charge in [0.25, 0.3) is 5.91 Å². The van der Waals surface area contributed by atoms with Gasteiger partial charge in [-0.15, -0.1) is 0 Å². The molecule has 8 heteroatoms. The van der Waals surface area contributed by atoms with Gasteiger partial charge in [0.15, 0.2) is 11.6 Å². The molecule has 29 heavy (non-hydrogen) atoms. The summed E-state index contributed by atoms with van der Waals surface area (Å²) >= 11 is 0. The molecule has 1 aromatic carbocycles. The fraction of sp³-hybridized carbons (Fsp3) is 0.238. The fourth-order valence-electron chi connectivity index (χ4n) is 3.08. The maximum absolute atomic E-state index is 12.6. The van der Waals surface area contributed by atoms with Crippen molar-refractivity contribution in [3.05, 3.63) is 60.6 Å². The van der Waals surface area contributed by atoms with Crippen LogP contribution in [0.25, 0.3) is 11.4 Å². The summed E-state index contributed by atoms with van der Waals surface area (Å²) in [5.41, 5.74) is 1.91. The van der Waals surface area contributed by atoms with Gasteiger partial charge in [0.2, 0.25) is 0 Å². The molecule has 0 spiro atoms. The first-order valence-electron chi connectivity index (χ1n) is 9.30. The molecule has 1 saturated heterocycles. The van der Waals surface area contributed by atoms with Crippen LogP contribution >= 0.6 is 0 Å². The summed E-state index contributed by atoms with van der Waals surface area (Å²) in [6.07, 6.45) is 4.81. The molecule has 3 aromatic rings. The Morgan fingerprint density at radius 1 is 1.17 bits per heavy atom. The molecule has 0 radical (unpaired) electrons. The van der Waals surface area contributed by atoms with E-state index in [-0.39, 0.29) is 5.91 Å². The van der Waals surface area contributed by atoms with Gasteiger partial charge in [-0.3, -0.25) is 9.78 Å². The SMILES string of the molecule is COc1cccc(-c2ncc(NC(=O)c3ccncc3)c(N3CCOCC3)n2)c1. The Morgan fingerprint density at radius 2 is 1.97 bits per heavy atom. The van der Waals surface area contributed by atoms with E-state index >= 15 is 0 Å². The number of nitrogens with one attached hydrogen (secondary N) is 1. The van der Waals surface area contributed by atoms with Crippen molar-refractivity contribution in [2.75, 3.05) is 43.6 Å². The van der Waals surface area contributed by atoms with Crippen molar-refractivity contribution in [1.82, 2.24) is 15.0 Å². The summed E-state index contributed by atoms with van der Waals surface area (Å²) in [7, 11) is 1.62. The third kappa shape index (κ3) is 4.33. The summed E-state index contributed by atoms with van der Waals surface area (Å²) in [6, 6.07) is 10.9. The lowest BCUT2D eigenvalue weighted by Crippen LogP contribution is -2.37. The molecule has 4 rings (SSSR count). The van der Waals surface area contributed by atoms with Crippen molar-refractivity contribution in [3.63, 3.8) is 0 Å². The Morgan fingerprint density at radius 3 is 2.72 bits per heavy atom. The smallest absolute Gasteiger partial charge is 0.255 e. The lowest BCUT2D eigenvalue weighted by molar-refractivity contribution is 0.102. The zero-order valence-corrected chi connectivity index (χ0v) is 16.0. The number of pyridine rings is 1. The van der Waals surface area contributed by atoms with Crippen LogP contribution in [0.15, 0.2) is 55.0 Å². The second-order valence-corrected chi connectivity index (χ2v) is 6.45. The van der Waals surface area contributed by atoms with Gasteiger partial charge >= 0.3 is 0 Å². The molecular formula is C21H21N5O3. The quantitative estimate of drug-likeness (QED) is 0.715. The topological polar surface area (TPSA) is 89.5 Å². The summed E-state index contributed by atoms with van der Waals surface area (Å²) in [5.74, 6) is 1.73. The maximum atomic E-state index is 12.6. The van der Waals surface area contributed by atoms with Gasteiger partial charge < -0.3 is 19.7 Å². The van der Waals surface area contributed by atoms with Crippen LogP contribution in [0.1, 0.15) is 10.4 Å². The van der Waals surface area contributed by atoms with Crippen molar-refractivity contribution >= 4 is 17.4 Å². The highest BCUT2D eigenvalue weighted by Gasteiger charge is 2.20. The number of methoxy groups -OCH3 is 1. The highest BCUT2D eigenvalue weighted by atomic mass is 16.5. The first kappa shape index (κ1) is 18.8. The first-order chi connectivity index (χ1) is 14.2. The van der Waals surface area contributed by atoms with Crippen molar-refractivity contribution in [1.29, 1.82) is 0 Å². The Bertz CT molecular complexity index is 991. The molecule has 2 aromatic heterocycles. The molecule has 3 heterocycles. The highest BCUT2D eigenvalue weighted by Crippen LogP contribution is 2.28. The average molecular weight is 391 g/mol. The van der Waals surface area contributed by atoms with Crippen molar-refractivity contribution in [3.8, 4) is 17.1 Å². The largest absolute Gasteiger partial charge is 0.497 e. The molecule has 1 aliphatic heterocycles. The molecule has 8 nitrogen and oxygen atoms in total. The number of carbonyl (C=O) groups is 1. The van der Waals surface area contributed by atoms with Gasteiger partial charge in [-0.1, -0.05) is 12.1 Å². The molecule has 1 fully saturated rings. The van der Waals surface area contributed by atoms with E-state index in [1.807, 2.05) is 24.3 Å². The second kappa shape index (κ2) is 8.66. The third-order valence-electron chi connectivity index (χ3n) is 4.60. The highest BCUT2D eigenvalue weighted by molar-refractivity contribution is 6.05. The van der Waals surface area contributed by atoms with Crippen molar-refractivity contribution in [2.45, 2.75) is 0 Å². The Labute approximate surface area is 168 Å². The van der Waals surface area contributed by atoms with Gasteiger partial charge in [-0.2, -0.15) is 0 Å². The number of morpholine rings is 1. The second-order valence-electron chi connectivity index (χ2n) is 6.45. The summed E-state index contributed by atoms with van der Waals surface area (Å²) in [5, 5.41) is 2.93. The fourth-order valence-corrected chi connectivity index (χ4v) is 3.08. The third-order valence-corrected chi connectivity index (χ3v) is 4.60. The van der Waals surface area contributed by atoms with Crippen LogP contribution in [0, 0.1) is 0 Å². The molecule has 0 aliphatic carbocycles. The van der Waals surface area contributed by atoms with Crippen LogP contribution in [0.3, 0.4) is 0 Å². The minimum absolute atomic E-state index is 0.236. The van der Waals surface area contributed by atoms with Crippen LogP contribution in [-0.4, -0.2) is 54.3 Å². The molecule has 1 N–H and O–H groups in total. The van der Waals surface area contributed by atoms with Crippen molar-refractivity contribution < 1.29 is 14.3 Å². The first-order valence-corrected chi connectivity index (χ1v) is 9.30. The zero-order chi connectivity index (χ0) is 20.1. The van der Waals surface area contributed by atoms with Crippen LogP contribution in [0.2, 0.25) is 0 Å². The van der Waals surface area contributed by atoms with Crippen LogP contribution < -0.4 is 15.0 Å². The molecular weight excluding hydrogens is 370 g/mol. The Balaban J connectivity index is 1.69. The number of aromatic nitrogens is 3. The molecule has 0 unspecified atom stereocenters. The van der Waals surface area contributed by atoms with E-state index in [9.17, 15) is 4.79 Å². The van der Waals surface area contributed by atoms with E-state index in [0.29, 0.717) is 49.2 Å². The number of nitrogens with zero attached hydrogens (tertiary/aromatic N) is 4. The maximum Gasteiger partial charge on any atom is 0.255 e. The zero-order valence-electron chi connectivity index (χ0n) is 16.0. The number of carbonyl (C=O) groups excluding carboxylic acids is 1. The van der Waals surface area contributed by atoms with E-state index in [4.69, 9.17) is 14.5 Å². The number of hydrogen-bond donors (Lipinski definition) is 1. The summed E-state index contributed by atoms with van der Waals surface area (Å²) < 4.78 is 10.8. The molecule has 0 atom stereocenters. The lowest BCUT2D eigenvalue weighted by Gasteiger charge is -2.29. The van der Waals surface area contributed by atoms with Gasteiger partial charge in [0.1, 0.15) is 11.4 Å². The standard InChI is InChI=1S/C21H21N5O3/c1-28-17-4-2-3-16(13-17)19-23-14-18(20(25-19)26-9-11-29-12-10-26)24-21(27)15-5-7-22-8-6-15/h2-8,13-14H,9-12H2,1H3,(H,24,27). The van der Waals surface area contributed by atoms with Gasteiger partial charge in [0, 0.05) is 36.6 Å². The molecule has 148 valence electrons. The average Bonchev–Trinajstić information content (AvgIpc) is 2.80. The molecule has 0 saturated carbocycles. The molecule has 1 amide bonds. The minimum atomic E-state index is -0.236. The number of rotatable bonds is 5. The summed E-state index contributed by atoms with van der Waals surface area (Å²) in [4.78, 5) is 27.9. The van der Waals surface area contributed by atoms with E-state index < -0.39 is 0 Å². The molecule has 1 aliphatic rings. The minimum Gasteiger partial charge on any atom is -0.497 e. The van der Waals surface area contributed by atoms with E-state index in [1.54, 1.807) is 37.8 Å². The van der Waals surface area contributed by atoms with Gasteiger partial charge in [0.05, 0.1) is 26.5 Å². The monoisotopic (exact) mass is 391 g/mol.